The molecule has 140 valence electrons. The summed E-state index contributed by atoms with van der Waals surface area (Å²) < 4.78 is 10.9. The summed E-state index contributed by atoms with van der Waals surface area (Å²) in [5.74, 6) is 1.25. The number of amides is 1. The second kappa shape index (κ2) is 7.32. The lowest BCUT2D eigenvalue weighted by Gasteiger charge is -2.33. The van der Waals surface area contributed by atoms with E-state index in [4.69, 9.17) is 14.0 Å². The van der Waals surface area contributed by atoms with Crippen molar-refractivity contribution < 1.29 is 18.8 Å². The lowest BCUT2D eigenvalue weighted by Crippen LogP contribution is -2.43. The van der Waals surface area contributed by atoms with Crippen LogP contribution >= 0.6 is 0 Å². The van der Waals surface area contributed by atoms with Crippen molar-refractivity contribution in [2.24, 2.45) is 0 Å². The molecule has 2 heterocycles. The van der Waals surface area contributed by atoms with Crippen molar-refractivity contribution in [3.8, 4) is 11.3 Å². The van der Waals surface area contributed by atoms with Crippen LogP contribution in [0.5, 0.6) is 0 Å². The maximum absolute atomic E-state index is 12.4. The van der Waals surface area contributed by atoms with Crippen LogP contribution in [0.25, 0.3) is 11.3 Å². The smallest absolute Gasteiger partial charge is 0.273 e. The zero-order valence-corrected chi connectivity index (χ0v) is 14.8. The van der Waals surface area contributed by atoms with Crippen LogP contribution in [-0.2, 0) is 0 Å². The van der Waals surface area contributed by atoms with Gasteiger partial charge < -0.3 is 19.4 Å². The molecule has 1 saturated carbocycles. The first-order valence-electron chi connectivity index (χ1n) is 8.91. The van der Waals surface area contributed by atoms with E-state index < -0.39 is 0 Å². The van der Waals surface area contributed by atoms with Crippen molar-refractivity contribution >= 4 is 5.91 Å². The minimum absolute atomic E-state index is 0.0324. The first-order valence-corrected chi connectivity index (χ1v) is 8.91. The van der Waals surface area contributed by atoms with Crippen LogP contribution in [-0.4, -0.2) is 39.0 Å². The van der Waals surface area contributed by atoms with E-state index in [-0.39, 0.29) is 36.1 Å². The van der Waals surface area contributed by atoms with Crippen LogP contribution < -0.4 is 5.32 Å². The normalized spacial score (nSPS) is 20.1. The number of carbonyl (C=O) groups is 1. The number of carbonyl (C=O) groups excluding carboxylic acids is 1. The van der Waals surface area contributed by atoms with E-state index in [0.717, 1.165) is 18.4 Å². The second-order valence-corrected chi connectivity index (χ2v) is 6.84. The van der Waals surface area contributed by atoms with Crippen molar-refractivity contribution in [3.05, 3.63) is 53.9 Å². The molecule has 1 amide bonds. The van der Waals surface area contributed by atoms with Crippen LogP contribution in [0.4, 0.5) is 0 Å². The van der Waals surface area contributed by atoms with Crippen LogP contribution in [0, 0.1) is 0 Å². The monoisotopic (exact) mass is 368 g/mol. The highest BCUT2D eigenvalue weighted by Gasteiger charge is 2.36. The van der Waals surface area contributed by atoms with Gasteiger partial charge in [-0.2, -0.15) is 0 Å². The van der Waals surface area contributed by atoms with Crippen LogP contribution in [0.15, 0.2) is 45.3 Å². The minimum atomic E-state index is -0.260. The van der Waals surface area contributed by atoms with E-state index in [1.54, 1.807) is 6.07 Å². The predicted molar refractivity (Wildman–Crippen MR) is 95.0 cm³/mol. The van der Waals surface area contributed by atoms with Gasteiger partial charge in [0.15, 0.2) is 11.5 Å². The number of nitrogens with one attached hydrogen (secondary N) is 1. The van der Waals surface area contributed by atoms with Gasteiger partial charge >= 0.3 is 0 Å². The number of rotatable bonds is 6. The number of benzene rings is 1. The van der Waals surface area contributed by atoms with Gasteiger partial charge in [0.05, 0.1) is 12.5 Å². The second-order valence-electron chi connectivity index (χ2n) is 6.84. The van der Waals surface area contributed by atoms with Gasteiger partial charge in [-0.25, -0.2) is 0 Å². The molecule has 1 aliphatic rings. The highest BCUT2D eigenvalue weighted by molar-refractivity contribution is 5.93. The van der Waals surface area contributed by atoms with Gasteiger partial charge in [-0.3, -0.25) is 4.79 Å². The Morgan fingerprint density at radius 3 is 2.81 bits per heavy atom. The summed E-state index contributed by atoms with van der Waals surface area (Å²) in [6, 6.07) is 11.2. The third-order valence-corrected chi connectivity index (χ3v) is 4.78. The molecule has 27 heavy (non-hydrogen) atoms. The van der Waals surface area contributed by atoms with Gasteiger partial charge in [-0.05, 0) is 12.8 Å². The number of nitrogens with zero attached hydrogens (tertiary/aromatic N) is 3. The predicted octanol–water partition coefficient (Wildman–Crippen LogP) is 2.50. The molecule has 0 unspecified atom stereocenters. The number of aliphatic hydroxyl groups is 1. The highest BCUT2D eigenvalue weighted by atomic mass is 16.5. The lowest BCUT2D eigenvalue weighted by molar-refractivity contribution is 0.0893. The van der Waals surface area contributed by atoms with Gasteiger partial charge in [0.1, 0.15) is 0 Å². The molecule has 0 bridgehead atoms. The Bertz CT molecular complexity index is 915. The molecule has 1 atom stereocenters. The van der Waals surface area contributed by atoms with Gasteiger partial charge in [-0.15, -0.1) is 10.2 Å². The third-order valence-electron chi connectivity index (χ3n) is 4.78. The molecule has 1 aromatic carbocycles. The van der Waals surface area contributed by atoms with Gasteiger partial charge in [0.2, 0.25) is 11.8 Å². The summed E-state index contributed by atoms with van der Waals surface area (Å²) in [7, 11) is 0. The first-order chi connectivity index (χ1) is 13.1. The molecule has 0 spiro atoms. The Labute approximate surface area is 155 Å². The van der Waals surface area contributed by atoms with E-state index in [9.17, 15) is 4.79 Å². The topological polar surface area (TPSA) is 114 Å². The summed E-state index contributed by atoms with van der Waals surface area (Å²) in [5, 5.41) is 24.0. The summed E-state index contributed by atoms with van der Waals surface area (Å²) in [4.78, 5) is 12.4. The molecule has 1 fully saturated rings. The molecule has 2 N–H and O–H groups in total. The summed E-state index contributed by atoms with van der Waals surface area (Å²) in [6.07, 6.45) is 1.45. The van der Waals surface area contributed by atoms with E-state index in [1.807, 2.05) is 37.3 Å². The largest absolute Gasteiger partial charge is 0.425 e. The Hall–Kier alpha value is -3.00. The fourth-order valence-electron chi connectivity index (χ4n) is 3.01. The van der Waals surface area contributed by atoms with E-state index in [0.29, 0.717) is 17.5 Å². The van der Waals surface area contributed by atoms with Crippen molar-refractivity contribution in [2.45, 2.75) is 37.6 Å². The SMILES string of the molecule is C[C@@H](CO)c1nnc(C2CC(NC(=O)c3cc(-c4ccccc4)on3)C2)o1. The quantitative estimate of drug-likeness (QED) is 0.687. The molecule has 4 rings (SSSR count). The zero-order valence-electron chi connectivity index (χ0n) is 14.8. The number of hydrogen-bond donors (Lipinski definition) is 2. The first kappa shape index (κ1) is 17.4. The molecule has 3 aromatic rings. The van der Waals surface area contributed by atoms with Crippen molar-refractivity contribution in [1.29, 1.82) is 0 Å². The molecule has 2 aromatic heterocycles. The Balaban J connectivity index is 1.32. The van der Waals surface area contributed by atoms with E-state index in [1.165, 1.54) is 0 Å². The number of aliphatic hydroxyl groups excluding tert-OH is 1. The minimum Gasteiger partial charge on any atom is -0.425 e. The average molecular weight is 368 g/mol. The molecule has 0 aliphatic heterocycles. The maximum atomic E-state index is 12.4. The fourth-order valence-corrected chi connectivity index (χ4v) is 3.01. The molecule has 1 aliphatic carbocycles. The van der Waals surface area contributed by atoms with Crippen LogP contribution in [0.3, 0.4) is 0 Å². The summed E-state index contributed by atoms with van der Waals surface area (Å²) >= 11 is 0. The zero-order chi connectivity index (χ0) is 18.8. The Morgan fingerprint density at radius 1 is 1.30 bits per heavy atom. The van der Waals surface area contributed by atoms with Gasteiger partial charge in [0, 0.05) is 23.6 Å². The fraction of sp³-hybridized carbons (Fsp3) is 0.368. The van der Waals surface area contributed by atoms with E-state index >= 15 is 0 Å². The number of aromatic nitrogens is 3. The molecular formula is C19H20N4O4. The average Bonchev–Trinajstić information content (AvgIpc) is 3.34. The molecule has 0 saturated heterocycles. The van der Waals surface area contributed by atoms with E-state index in [2.05, 4.69) is 20.7 Å². The highest BCUT2D eigenvalue weighted by Crippen LogP contribution is 2.36. The molecule has 8 nitrogen and oxygen atoms in total. The van der Waals surface area contributed by atoms with Crippen molar-refractivity contribution in [1.82, 2.24) is 20.7 Å². The van der Waals surface area contributed by atoms with Gasteiger partial charge in [-0.1, -0.05) is 42.4 Å². The molecule has 8 heteroatoms. The summed E-state index contributed by atoms with van der Waals surface area (Å²) in [6.45, 7) is 1.79. The standard InChI is InChI=1S/C19H20N4O4/c1-11(10-24)18-21-22-19(26-18)13-7-14(8-13)20-17(25)15-9-16(27-23-15)12-5-3-2-4-6-12/h2-6,9,11,13-14,24H,7-8,10H2,1H3,(H,20,25)/t11-,13?,14?/m0/s1. The van der Waals surface area contributed by atoms with Gasteiger partial charge in [0.25, 0.3) is 5.91 Å². The lowest BCUT2D eigenvalue weighted by atomic mass is 9.80. The van der Waals surface area contributed by atoms with Crippen molar-refractivity contribution in [2.75, 3.05) is 6.61 Å². The maximum Gasteiger partial charge on any atom is 0.273 e. The third kappa shape index (κ3) is 3.61. The van der Waals surface area contributed by atoms with Crippen molar-refractivity contribution in [3.63, 3.8) is 0 Å². The van der Waals surface area contributed by atoms with Crippen LogP contribution in [0.1, 0.15) is 53.9 Å². The number of hydrogen-bond acceptors (Lipinski definition) is 7. The molecule has 0 radical (unpaired) electrons. The molecular weight excluding hydrogens is 348 g/mol. The Morgan fingerprint density at radius 2 is 2.07 bits per heavy atom. The summed E-state index contributed by atoms with van der Waals surface area (Å²) in [5.41, 5.74) is 1.13. The van der Waals surface area contributed by atoms with Crippen LogP contribution in [0.2, 0.25) is 0 Å². The Kier molecular flexibility index (Phi) is 4.72.